The van der Waals surface area contributed by atoms with E-state index in [2.05, 4.69) is 31.9 Å². The number of hydrogen-bond acceptors (Lipinski definition) is 1. The average molecular weight is 408 g/mol. The predicted octanol–water partition coefficient (Wildman–Crippen LogP) is 5.28. The summed E-state index contributed by atoms with van der Waals surface area (Å²) >= 11 is 12.6. The molecule has 0 saturated carbocycles. The van der Waals surface area contributed by atoms with Crippen molar-refractivity contribution < 1.29 is 9.50 Å². The fourth-order valence-corrected chi connectivity index (χ4v) is 2.87. The van der Waals surface area contributed by atoms with Gasteiger partial charge in [0.1, 0.15) is 5.82 Å². The van der Waals surface area contributed by atoms with Gasteiger partial charge in [-0.3, -0.25) is 0 Å². The Balaban J connectivity index is 2.27. The highest BCUT2D eigenvalue weighted by Crippen LogP contribution is 2.30. The number of hydrogen-bond donors (Lipinski definition) is 1. The highest BCUT2D eigenvalue weighted by atomic mass is 79.9. The summed E-state index contributed by atoms with van der Waals surface area (Å²) in [7, 11) is 0. The summed E-state index contributed by atoms with van der Waals surface area (Å²) in [5.41, 5.74) is 1.10. The highest BCUT2D eigenvalue weighted by Gasteiger charge is 2.15. The monoisotopic (exact) mass is 406 g/mol. The smallest absolute Gasteiger partial charge is 0.126 e. The Morgan fingerprint density at radius 2 is 1.89 bits per heavy atom. The van der Waals surface area contributed by atoms with Gasteiger partial charge in [0.05, 0.1) is 6.10 Å². The second kappa shape index (κ2) is 6.35. The molecule has 2 rings (SSSR count). The molecule has 0 fully saturated rings. The molecule has 1 atom stereocenters. The van der Waals surface area contributed by atoms with Gasteiger partial charge in [0.2, 0.25) is 0 Å². The third-order valence-electron chi connectivity index (χ3n) is 2.74. The van der Waals surface area contributed by atoms with E-state index in [1.54, 1.807) is 6.07 Å². The molecule has 100 valence electrons. The van der Waals surface area contributed by atoms with Crippen molar-refractivity contribution >= 4 is 43.5 Å². The highest BCUT2D eigenvalue weighted by molar-refractivity contribution is 9.11. The summed E-state index contributed by atoms with van der Waals surface area (Å²) in [6.45, 7) is 0. The molecule has 19 heavy (non-hydrogen) atoms. The molecule has 1 nitrogen and oxygen atoms in total. The van der Waals surface area contributed by atoms with Crippen LogP contribution < -0.4 is 0 Å². The zero-order valence-electron chi connectivity index (χ0n) is 9.71. The maximum absolute atomic E-state index is 13.6. The Labute approximate surface area is 132 Å². The average Bonchev–Trinajstić information content (AvgIpc) is 2.36. The van der Waals surface area contributed by atoms with Gasteiger partial charge in [-0.15, -0.1) is 0 Å². The predicted molar refractivity (Wildman–Crippen MR) is 81.9 cm³/mol. The SMILES string of the molecule is OC(Cc1cc(Cl)ccc1F)c1cc(Br)ccc1Br. The van der Waals surface area contributed by atoms with Gasteiger partial charge in [0.25, 0.3) is 0 Å². The van der Waals surface area contributed by atoms with Gasteiger partial charge in [-0.05, 0) is 47.5 Å². The minimum atomic E-state index is -0.806. The molecule has 2 aromatic carbocycles. The maximum atomic E-state index is 13.6. The third kappa shape index (κ3) is 3.78. The van der Waals surface area contributed by atoms with Crippen LogP contribution in [0.5, 0.6) is 0 Å². The van der Waals surface area contributed by atoms with E-state index in [4.69, 9.17) is 11.6 Å². The molecule has 0 bridgehead atoms. The van der Waals surface area contributed by atoms with Gasteiger partial charge in [-0.25, -0.2) is 4.39 Å². The fraction of sp³-hybridized carbons (Fsp3) is 0.143. The third-order valence-corrected chi connectivity index (χ3v) is 4.19. The first kappa shape index (κ1) is 15.0. The van der Waals surface area contributed by atoms with Crippen molar-refractivity contribution in [2.45, 2.75) is 12.5 Å². The van der Waals surface area contributed by atoms with E-state index in [9.17, 15) is 9.50 Å². The standard InChI is InChI=1S/C14H10Br2ClFO/c15-9-1-3-12(16)11(7-9)14(19)6-8-5-10(17)2-4-13(8)18/h1-5,7,14,19H,6H2. The Kier molecular flexibility index (Phi) is 5.01. The molecule has 5 heteroatoms. The summed E-state index contributed by atoms with van der Waals surface area (Å²) in [6.07, 6.45) is -0.638. The summed E-state index contributed by atoms with van der Waals surface area (Å²) < 4.78 is 15.3. The topological polar surface area (TPSA) is 20.2 Å². The van der Waals surface area contributed by atoms with Crippen LogP contribution in [0.3, 0.4) is 0 Å². The Hall–Kier alpha value is -0.420. The molecule has 1 unspecified atom stereocenters. The van der Waals surface area contributed by atoms with Crippen molar-refractivity contribution in [2.75, 3.05) is 0 Å². The van der Waals surface area contributed by atoms with Crippen molar-refractivity contribution in [1.82, 2.24) is 0 Å². The van der Waals surface area contributed by atoms with Crippen LogP contribution in [-0.4, -0.2) is 5.11 Å². The molecule has 0 heterocycles. The van der Waals surface area contributed by atoms with E-state index in [1.807, 2.05) is 12.1 Å². The lowest BCUT2D eigenvalue weighted by Gasteiger charge is -2.14. The van der Waals surface area contributed by atoms with Crippen LogP contribution in [0.25, 0.3) is 0 Å². The van der Waals surface area contributed by atoms with Gasteiger partial charge in [-0.1, -0.05) is 43.5 Å². The van der Waals surface area contributed by atoms with Crippen LogP contribution in [0.4, 0.5) is 4.39 Å². The first-order valence-corrected chi connectivity index (χ1v) is 7.50. The molecule has 0 amide bonds. The normalized spacial score (nSPS) is 12.5. The Morgan fingerprint density at radius 1 is 1.16 bits per heavy atom. The molecular formula is C14H10Br2ClFO. The lowest BCUT2D eigenvalue weighted by molar-refractivity contribution is 0.176. The lowest BCUT2D eigenvalue weighted by Crippen LogP contribution is -2.04. The summed E-state index contributed by atoms with van der Waals surface area (Å²) in [6, 6.07) is 9.82. The second-order valence-electron chi connectivity index (χ2n) is 4.12. The maximum Gasteiger partial charge on any atom is 0.126 e. The summed E-state index contributed by atoms with van der Waals surface area (Å²) in [4.78, 5) is 0. The van der Waals surface area contributed by atoms with Crippen molar-refractivity contribution in [3.05, 3.63) is 67.3 Å². The minimum Gasteiger partial charge on any atom is -0.388 e. The molecule has 0 radical (unpaired) electrons. The Bertz CT molecular complexity index is 604. The molecule has 2 aromatic rings. The van der Waals surface area contributed by atoms with Gasteiger partial charge < -0.3 is 5.11 Å². The van der Waals surface area contributed by atoms with E-state index < -0.39 is 6.10 Å². The summed E-state index contributed by atoms with van der Waals surface area (Å²) in [5, 5.41) is 10.7. The quantitative estimate of drug-likeness (QED) is 0.733. The molecule has 1 N–H and O–H groups in total. The van der Waals surface area contributed by atoms with E-state index in [0.29, 0.717) is 16.1 Å². The largest absolute Gasteiger partial charge is 0.388 e. The van der Waals surface area contributed by atoms with E-state index >= 15 is 0 Å². The molecule has 0 spiro atoms. The fourth-order valence-electron chi connectivity index (χ4n) is 1.79. The number of aliphatic hydroxyl groups is 1. The molecule has 0 aliphatic carbocycles. The number of halogens is 4. The number of rotatable bonds is 3. The van der Waals surface area contributed by atoms with Gasteiger partial charge >= 0.3 is 0 Å². The zero-order valence-corrected chi connectivity index (χ0v) is 13.6. The molecule has 0 aliphatic rings. The lowest BCUT2D eigenvalue weighted by atomic mass is 10.0. The molecule has 0 aliphatic heterocycles. The van der Waals surface area contributed by atoms with Crippen LogP contribution >= 0.6 is 43.5 Å². The first-order valence-electron chi connectivity index (χ1n) is 5.54. The van der Waals surface area contributed by atoms with Crippen LogP contribution in [0, 0.1) is 5.82 Å². The van der Waals surface area contributed by atoms with Gasteiger partial charge in [0, 0.05) is 20.4 Å². The molecule has 0 saturated heterocycles. The minimum absolute atomic E-state index is 0.168. The summed E-state index contributed by atoms with van der Waals surface area (Å²) in [5.74, 6) is -0.366. The number of benzene rings is 2. The number of aliphatic hydroxyl groups excluding tert-OH is 1. The van der Waals surface area contributed by atoms with Crippen LogP contribution in [-0.2, 0) is 6.42 Å². The van der Waals surface area contributed by atoms with E-state index in [1.165, 1.54) is 18.2 Å². The van der Waals surface area contributed by atoms with Crippen molar-refractivity contribution in [3.63, 3.8) is 0 Å². The van der Waals surface area contributed by atoms with Gasteiger partial charge in [-0.2, -0.15) is 0 Å². The van der Waals surface area contributed by atoms with Crippen molar-refractivity contribution in [2.24, 2.45) is 0 Å². The van der Waals surface area contributed by atoms with Crippen molar-refractivity contribution in [1.29, 1.82) is 0 Å². The van der Waals surface area contributed by atoms with Crippen LogP contribution in [0.1, 0.15) is 17.2 Å². The van der Waals surface area contributed by atoms with E-state index in [0.717, 1.165) is 8.95 Å². The van der Waals surface area contributed by atoms with Crippen LogP contribution in [0.2, 0.25) is 5.02 Å². The molecule has 0 aromatic heterocycles. The zero-order chi connectivity index (χ0) is 14.0. The Morgan fingerprint density at radius 3 is 2.63 bits per heavy atom. The van der Waals surface area contributed by atoms with Crippen molar-refractivity contribution in [3.8, 4) is 0 Å². The first-order chi connectivity index (χ1) is 8.97. The molecular weight excluding hydrogens is 398 g/mol. The van der Waals surface area contributed by atoms with Gasteiger partial charge in [0.15, 0.2) is 0 Å². The van der Waals surface area contributed by atoms with E-state index in [-0.39, 0.29) is 12.2 Å². The van der Waals surface area contributed by atoms with Crippen LogP contribution in [0.15, 0.2) is 45.3 Å². The second-order valence-corrected chi connectivity index (χ2v) is 6.33.